The van der Waals surface area contributed by atoms with Crippen LogP contribution in [-0.4, -0.2) is 58.8 Å². The van der Waals surface area contributed by atoms with E-state index in [0.717, 1.165) is 29.7 Å². The Labute approximate surface area is 318 Å². The van der Waals surface area contributed by atoms with Crippen molar-refractivity contribution in [2.75, 3.05) is 38.0 Å². The van der Waals surface area contributed by atoms with Gasteiger partial charge in [0.05, 0.1) is 11.6 Å². The van der Waals surface area contributed by atoms with E-state index in [1.165, 1.54) is 12.8 Å². The van der Waals surface area contributed by atoms with Gasteiger partial charge in [0.15, 0.2) is 0 Å². The molecule has 0 bridgehead atoms. The lowest BCUT2D eigenvalue weighted by molar-refractivity contribution is -0.129. The SMILES string of the molecule is O=C1C[C@@H]([C@]2(I)C=CC=C(Cl)C2)C(C(=O)Nc2cc(Cl)ccc2-c2cc(Br)ccc2Oc2ccc(C(=O)NCCN3CCCC3)cc2)CN1. The topological polar surface area (TPSA) is 99.8 Å². The second kappa shape index (κ2) is 16.0. The average molecular weight is 878 g/mol. The van der Waals surface area contributed by atoms with Gasteiger partial charge in [-0.3, -0.25) is 14.4 Å². The van der Waals surface area contributed by atoms with Crippen molar-refractivity contribution in [2.45, 2.75) is 29.1 Å². The van der Waals surface area contributed by atoms with E-state index in [0.29, 0.717) is 51.3 Å². The second-order valence-corrected chi connectivity index (χ2v) is 16.4. The van der Waals surface area contributed by atoms with Crippen LogP contribution in [0.3, 0.4) is 0 Å². The molecule has 49 heavy (non-hydrogen) atoms. The van der Waals surface area contributed by atoms with Gasteiger partial charge in [-0.1, -0.05) is 79.9 Å². The molecule has 3 aromatic carbocycles. The summed E-state index contributed by atoms with van der Waals surface area (Å²) in [5.41, 5.74) is 2.49. The van der Waals surface area contributed by atoms with Gasteiger partial charge < -0.3 is 25.6 Å². The molecule has 2 aliphatic heterocycles. The van der Waals surface area contributed by atoms with Crippen molar-refractivity contribution in [3.8, 4) is 22.6 Å². The smallest absolute Gasteiger partial charge is 0.251 e. The molecule has 8 nitrogen and oxygen atoms in total. The highest BCUT2D eigenvalue weighted by molar-refractivity contribution is 14.1. The molecule has 3 aliphatic rings. The zero-order chi connectivity index (χ0) is 34.5. The number of piperidine rings is 1. The van der Waals surface area contributed by atoms with Gasteiger partial charge in [-0.2, -0.15) is 0 Å². The van der Waals surface area contributed by atoms with Crippen molar-refractivity contribution in [1.29, 1.82) is 0 Å². The summed E-state index contributed by atoms with van der Waals surface area (Å²) in [5, 5.41) is 10.2. The van der Waals surface area contributed by atoms with E-state index in [1.54, 1.807) is 36.4 Å². The first-order valence-corrected chi connectivity index (χ1v) is 18.9. The average Bonchev–Trinajstić information content (AvgIpc) is 3.59. The molecule has 0 saturated carbocycles. The zero-order valence-corrected chi connectivity index (χ0v) is 31.9. The predicted molar refractivity (Wildman–Crippen MR) is 207 cm³/mol. The monoisotopic (exact) mass is 876 g/mol. The molecule has 3 atom stereocenters. The van der Waals surface area contributed by atoms with Gasteiger partial charge in [-0.15, -0.1) is 0 Å². The van der Waals surface area contributed by atoms with E-state index in [-0.39, 0.29) is 36.6 Å². The lowest BCUT2D eigenvalue weighted by Crippen LogP contribution is -2.52. The third-order valence-electron chi connectivity index (χ3n) is 9.18. The van der Waals surface area contributed by atoms with Crippen molar-refractivity contribution in [1.82, 2.24) is 15.5 Å². The number of carbonyl (C=O) groups is 3. The lowest BCUT2D eigenvalue weighted by atomic mass is 9.74. The number of anilines is 1. The van der Waals surface area contributed by atoms with Crippen LogP contribution in [-0.2, 0) is 9.59 Å². The first-order chi connectivity index (χ1) is 23.6. The Balaban J connectivity index is 1.21. The van der Waals surface area contributed by atoms with E-state index >= 15 is 0 Å². The van der Waals surface area contributed by atoms with Crippen LogP contribution in [0.25, 0.3) is 11.1 Å². The van der Waals surface area contributed by atoms with Gasteiger partial charge in [-0.05, 0) is 92.5 Å². The van der Waals surface area contributed by atoms with Crippen molar-refractivity contribution in [2.24, 2.45) is 11.8 Å². The number of nitrogens with one attached hydrogen (secondary N) is 3. The first-order valence-electron chi connectivity index (χ1n) is 16.3. The number of rotatable bonds is 10. The minimum Gasteiger partial charge on any atom is -0.457 e. The number of hydrogen-bond acceptors (Lipinski definition) is 5. The quantitative estimate of drug-likeness (QED) is 0.141. The highest BCUT2D eigenvalue weighted by atomic mass is 127. The molecule has 6 rings (SSSR count). The summed E-state index contributed by atoms with van der Waals surface area (Å²) in [6.07, 6.45) is 8.96. The molecule has 3 aromatic rings. The highest BCUT2D eigenvalue weighted by Gasteiger charge is 2.46. The van der Waals surface area contributed by atoms with Crippen molar-refractivity contribution in [3.05, 3.63) is 99.0 Å². The minimum atomic E-state index is -0.511. The van der Waals surface area contributed by atoms with Crippen LogP contribution in [0.2, 0.25) is 5.02 Å². The number of likely N-dealkylation sites (tertiary alicyclic amines) is 1. The Morgan fingerprint density at radius 2 is 1.82 bits per heavy atom. The molecule has 2 heterocycles. The maximum atomic E-state index is 14.1. The van der Waals surface area contributed by atoms with Gasteiger partial charge in [0.25, 0.3) is 5.91 Å². The number of alkyl halides is 1. The van der Waals surface area contributed by atoms with Crippen LogP contribution in [0.1, 0.15) is 36.0 Å². The van der Waals surface area contributed by atoms with E-state index in [1.807, 2.05) is 42.5 Å². The number of hydrogen-bond donors (Lipinski definition) is 3. The largest absolute Gasteiger partial charge is 0.457 e. The van der Waals surface area contributed by atoms with Crippen LogP contribution in [0.15, 0.2) is 88.4 Å². The van der Waals surface area contributed by atoms with Crippen LogP contribution in [0.4, 0.5) is 5.69 Å². The molecule has 1 aliphatic carbocycles. The summed E-state index contributed by atoms with van der Waals surface area (Å²) in [5.74, 6) is -0.121. The number of allylic oxidation sites excluding steroid dienone is 4. The summed E-state index contributed by atoms with van der Waals surface area (Å²) in [6.45, 7) is 3.86. The molecule has 2 fully saturated rings. The van der Waals surface area contributed by atoms with Crippen LogP contribution >= 0.6 is 61.7 Å². The summed E-state index contributed by atoms with van der Waals surface area (Å²) in [7, 11) is 0. The zero-order valence-electron chi connectivity index (χ0n) is 26.6. The Morgan fingerprint density at radius 1 is 1.04 bits per heavy atom. The molecule has 12 heteroatoms. The molecule has 0 radical (unpaired) electrons. The fourth-order valence-electron chi connectivity index (χ4n) is 6.62. The fourth-order valence-corrected chi connectivity index (χ4v) is 8.95. The van der Waals surface area contributed by atoms with Gasteiger partial charge in [-0.25, -0.2) is 0 Å². The summed E-state index contributed by atoms with van der Waals surface area (Å²) < 4.78 is 6.69. The van der Waals surface area contributed by atoms with E-state index in [2.05, 4.69) is 59.4 Å². The standard InChI is InChI=1S/C37H36BrCl2IN4O4/c38-24-7-12-33(49-27-9-5-23(6-10-27)35(47)42-14-17-45-15-1-2-16-45)29(18-24)28-11-8-25(39)19-32(28)44-36(48)30-22-43-34(46)20-31(30)37(41)13-3-4-26(40)21-37/h3-13,18-19,30-31H,1-2,14-17,20-22H2,(H,42,47)(H,43,46)(H,44,48)/t30?,31-,37+/m1/s1. The molecule has 2 saturated heterocycles. The number of benzene rings is 3. The third-order valence-corrected chi connectivity index (χ3v) is 11.7. The molecule has 3 N–H and O–H groups in total. The summed E-state index contributed by atoms with van der Waals surface area (Å²) >= 11 is 18.8. The number of halogens is 4. The Morgan fingerprint density at radius 3 is 2.57 bits per heavy atom. The first kappa shape index (κ1) is 35.9. The maximum absolute atomic E-state index is 14.1. The van der Waals surface area contributed by atoms with Gasteiger partial charge in [0.2, 0.25) is 11.8 Å². The predicted octanol–water partition coefficient (Wildman–Crippen LogP) is 8.33. The maximum Gasteiger partial charge on any atom is 0.251 e. The molecule has 0 aromatic heterocycles. The highest BCUT2D eigenvalue weighted by Crippen LogP contribution is 2.46. The van der Waals surface area contributed by atoms with E-state index in [4.69, 9.17) is 27.9 Å². The fraction of sp³-hybridized carbons (Fsp3) is 0.324. The number of carbonyl (C=O) groups excluding carboxylic acids is 3. The summed E-state index contributed by atoms with van der Waals surface area (Å²) in [4.78, 5) is 41.7. The Bertz CT molecular complexity index is 1800. The third kappa shape index (κ3) is 8.89. The van der Waals surface area contributed by atoms with Gasteiger partial charge in [0, 0.05) is 67.1 Å². The normalized spacial score (nSPS) is 22.3. The second-order valence-electron chi connectivity index (χ2n) is 12.5. The van der Waals surface area contributed by atoms with Gasteiger partial charge >= 0.3 is 0 Å². The summed E-state index contributed by atoms with van der Waals surface area (Å²) in [6, 6.07) is 18.0. The lowest BCUT2D eigenvalue weighted by Gasteiger charge is -2.41. The minimum absolute atomic E-state index is 0.0882. The Kier molecular flexibility index (Phi) is 11.7. The Hall–Kier alpha value is -2.90. The molecular weight excluding hydrogens is 842 g/mol. The van der Waals surface area contributed by atoms with Crippen LogP contribution in [0, 0.1) is 11.8 Å². The molecule has 0 spiro atoms. The molecule has 3 amide bonds. The molecule has 256 valence electrons. The molecular formula is C37H36BrCl2IN4O4. The van der Waals surface area contributed by atoms with E-state index < -0.39 is 9.34 Å². The van der Waals surface area contributed by atoms with Crippen molar-refractivity contribution >= 4 is 85.1 Å². The van der Waals surface area contributed by atoms with Gasteiger partial charge in [0.1, 0.15) is 11.5 Å². The number of ether oxygens (including phenoxy) is 1. The van der Waals surface area contributed by atoms with Crippen LogP contribution < -0.4 is 20.7 Å². The van der Waals surface area contributed by atoms with E-state index in [9.17, 15) is 14.4 Å². The van der Waals surface area contributed by atoms with Crippen LogP contribution in [0.5, 0.6) is 11.5 Å². The van der Waals surface area contributed by atoms with Crippen molar-refractivity contribution in [3.63, 3.8) is 0 Å². The molecule has 1 unspecified atom stereocenters. The van der Waals surface area contributed by atoms with Crippen molar-refractivity contribution < 1.29 is 19.1 Å². The number of amides is 3. The number of nitrogens with zero attached hydrogens (tertiary/aromatic N) is 1.